The van der Waals surface area contributed by atoms with Gasteiger partial charge >= 0.3 is 6.18 Å². The van der Waals surface area contributed by atoms with Crippen molar-refractivity contribution in [2.24, 2.45) is 5.92 Å². The average Bonchev–Trinajstić information content (AvgIpc) is 3.65. The molecule has 2 saturated heterocycles. The van der Waals surface area contributed by atoms with E-state index in [1.807, 2.05) is 49.1 Å². The number of aliphatic hydroxyl groups excluding tert-OH is 1. The van der Waals surface area contributed by atoms with E-state index in [1.54, 1.807) is 32.4 Å². The van der Waals surface area contributed by atoms with E-state index >= 15 is 13.2 Å². The van der Waals surface area contributed by atoms with Gasteiger partial charge in [0.05, 0.1) is 35.8 Å². The van der Waals surface area contributed by atoms with E-state index in [0.717, 1.165) is 34.4 Å². The highest BCUT2D eigenvalue weighted by atomic mass is 32.2. The number of ether oxygens (including phenoxy) is 1. The molecule has 3 atom stereocenters. The first-order valence-electron chi connectivity index (χ1n) is 20.4. The Morgan fingerprint density at radius 3 is 2.37 bits per heavy atom. The maximum atomic E-state index is 15.0. The zero-order valence-corrected chi connectivity index (χ0v) is 34.7. The smallest absolute Gasteiger partial charge is 0.420 e. The summed E-state index contributed by atoms with van der Waals surface area (Å²) < 4.78 is 83.7. The van der Waals surface area contributed by atoms with Gasteiger partial charge in [-0.3, -0.25) is 24.3 Å². The summed E-state index contributed by atoms with van der Waals surface area (Å²) in [6.45, 7) is 8.04. The molecule has 16 heteroatoms. The number of fused-ring (bicyclic) bond motifs is 2. The monoisotopic (exact) mass is 844 g/mol. The van der Waals surface area contributed by atoms with Gasteiger partial charge in [0, 0.05) is 43.3 Å². The van der Waals surface area contributed by atoms with Crippen molar-refractivity contribution in [1.29, 1.82) is 0 Å². The van der Waals surface area contributed by atoms with Crippen molar-refractivity contribution in [2.75, 3.05) is 33.3 Å². The minimum absolute atomic E-state index is 0.0732. The van der Waals surface area contributed by atoms with Gasteiger partial charge in [-0.2, -0.15) is 13.2 Å². The molecule has 3 aromatic carbocycles. The van der Waals surface area contributed by atoms with Crippen molar-refractivity contribution in [3.05, 3.63) is 82.2 Å². The fourth-order valence-corrected chi connectivity index (χ4v) is 10.6. The third-order valence-electron chi connectivity index (χ3n) is 13.1. The van der Waals surface area contributed by atoms with Crippen molar-refractivity contribution in [3.8, 4) is 39.7 Å². The van der Waals surface area contributed by atoms with E-state index in [-0.39, 0.29) is 47.7 Å². The summed E-state index contributed by atoms with van der Waals surface area (Å²) >= 11 is 0. The quantitative estimate of drug-likeness (QED) is 0.148. The summed E-state index contributed by atoms with van der Waals surface area (Å²) in [5, 5.41) is 9.97. The fraction of sp³-hybridized carbons (Fsp3) is 0.455. The number of alkyl halides is 3. The summed E-state index contributed by atoms with van der Waals surface area (Å²) in [4.78, 5) is 31.4. The Morgan fingerprint density at radius 1 is 1.00 bits per heavy atom. The zero-order chi connectivity index (χ0) is 42.3. The molecule has 4 heterocycles. The fourth-order valence-electron chi connectivity index (χ4n) is 9.32. The number of aliphatic hydroxyl groups is 1. The second kappa shape index (κ2) is 14.9. The van der Waals surface area contributed by atoms with Crippen molar-refractivity contribution < 1.29 is 40.6 Å². The van der Waals surface area contributed by atoms with Gasteiger partial charge in [0.2, 0.25) is 27.7 Å². The summed E-state index contributed by atoms with van der Waals surface area (Å²) in [6.07, 6.45) is -0.631. The lowest BCUT2D eigenvalue weighted by molar-refractivity contribution is -0.137. The third kappa shape index (κ3) is 7.14. The molecular weight excluding hydrogens is 798 g/mol. The number of carbonyl (C=O) groups excluding carboxylic acids is 1. The highest BCUT2D eigenvalue weighted by Gasteiger charge is 2.52. The second-order valence-electron chi connectivity index (χ2n) is 17.0. The number of oxazole rings is 1. The normalized spacial score (nSPS) is 21.8. The molecule has 2 N–H and O–H groups in total. The van der Waals surface area contributed by atoms with Crippen molar-refractivity contribution in [1.82, 2.24) is 29.5 Å². The summed E-state index contributed by atoms with van der Waals surface area (Å²) in [7, 11) is -2.24. The first kappa shape index (κ1) is 40.5. The van der Waals surface area contributed by atoms with Gasteiger partial charge in [0.15, 0.2) is 5.58 Å². The Labute approximate surface area is 346 Å². The molecule has 2 aromatic heterocycles. The van der Waals surface area contributed by atoms with E-state index < -0.39 is 38.3 Å². The minimum atomic E-state index is -4.72. The molecule has 9 rings (SSSR count). The molecule has 1 amide bonds. The van der Waals surface area contributed by atoms with Crippen LogP contribution >= 0.6 is 0 Å². The van der Waals surface area contributed by atoms with Gasteiger partial charge in [-0.05, 0) is 111 Å². The van der Waals surface area contributed by atoms with Crippen LogP contribution in [-0.4, -0.2) is 88.3 Å². The average molecular weight is 845 g/mol. The number of hydrogen-bond acceptors (Lipinski definition) is 11. The van der Waals surface area contributed by atoms with Crippen LogP contribution in [0.4, 0.5) is 13.2 Å². The maximum absolute atomic E-state index is 15.0. The zero-order valence-electron chi connectivity index (χ0n) is 33.9. The standard InChI is InChI=1S/C44H47F3N6O6S/c1-24-28(7-5-9-30(24)35-20-48-36(42(50-35)58-4)23-52-17-14-27(54)22-52)29-8-6-10-31(25(29)2)41-49-34-19-33-32(38(39(34)59-41)44(45,46)47)11-12-37(33)53-18-13-26(21-53)40(55)51-60(56,57)43(3)15-16-43/h5-10,19-20,26-27,37,54H,11-18,21-23H2,1-4H3,(H,51,55)/t26-,27-,37-/m1/s1. The molecule has 60 heavy (non-hydrogen) atoms. The minimum Gasteiger partial charge on any atom is -0.480 e. The van der Waals surface area contributed by atoms with Crippen LogP contribution in [0.3, 0.4) is 0 Å². The second-order valence-corrected chi connectivity index (χ2v) is 19.2. The van der Waals surface area contributed by atoms with Gasteiger partial charge in [-0.15, -0.1) is 0 Å². The van der Waals surface area contributed by atoms with Gasteiger partial charge in [0.1, 0.15) is 16.8 Å². The van der Waals surface area contributed by atoms with Crippen molar-refractivity contribution in [2.45, 2.75) is 88.9 Å². The lowest BCUT2D eigenvalue weighted by Crippen LogP contribution is -2.42. The maximum Gasteiger partial charge on any atom is 0.420 e. The molecule has 1 saturated carbocycles. The van der Waals surface area contributed by atoms with Crippen LogP contribution in [0.2, 0.25) is 0 Å². The van der Waals surface area contributed by atoms with Crippen LogP contribution in [0.25, 0.3) is 44.9 Å². The lowest BCUT2D eigenvalue weighted by Gasteiger charge is -2.25. The molecule has 5 aromatic rings. The predicted octanol–water partition coefficient (Wildman–Crippen LogP) is 7.14. The van der Waals surface area contributed by atoms with Crippen LogP contribution in [0.1, 0.15) is 78.6 Å². The van der Waals surface area contributed by atoms with E-state index in [1.165, 1.54) is 0 Å². The highest BCUT2D eigenvalue weighted by molar-refractivity contribution is 7.91. The number of likely N-dealkylation sites (tertiary alicyclic amines) is 2. The Bertz CT molecular complexity index is 2640. The number of halogens is 3. The Kier molecular flexibility index (Phi) is 10.1. The molecule has 0 unspecified atom stereocenters. The van der Waals surface area contributed by atoms with Crippen LogP contribution in [0.15, 0.2) is 53.1 Å². The van der Waals surface area contributed by atoms with Crippen LogP contribution < -0.4 is 9.46 Å². The van der Waals surface area contributed by atoms with Crippen molar-refractivity contribution >= 4 is 27.0 Å². The molecule has 0 spiro atoms. The Hall–Kier alpha value is -4.90. The summed E-state index contributed by atoms with van der Waals surface area (Å²) in [5.41, 5.74) is 5.78. The van der Waals surface area contributed by atoms with E-state index in [2.05, 4.69) is 9.62 Å². The number of rotatable bonds is 10. The number of nitrogens with zero attached hydrogens (tertiary/aromatic N) is 5. The van der Waals surface area contributed by atoms with Crippen molar-refractivity contribution in [3.63, 3.8) is 0 Å². The Balaban J connectivity index is 1.01. The number of hydrogen-bond donors (Lipinski definition) is 2. The largest absolute Gasteiger partial charge is 0.480 e. The first-order valence-corrected chi connectivity index (χ1v) is 21.9. The molecule has 2 aliphatic heterocycles. The number of aromatic nitrogens is 3. The predicted molar refractivity (Wildman–Crippen MR) is 218 cm³/mol. The Morgan fingerprint density at radius 2 is 1.70 bits per heavy atom. The molecule has 12 nitrogen and oxygen atoms in total. The first-order chi connectivity index (χ1) is 28.5. The number of nitrogens with one attached hydrogen (secondary N) is 1. The number of sulfonamides is 1. The highest BCUT2D eigenvalue weighted by Crippen LogP contribution is 2.49. The molecule has 2 aliphatic carbocycles. The summed E-state index contributed by atoms with van der Waals surface area (Å²) in [5.74, 6) is -0.668. The van der Waals surface area contributed by atoms with Crippen LogP contribution in [-0.2, 0) is 34.0 Å². The topological polar surface area (TPSA) is 151 Å². The van der Waals surface area contributed by atoms with Gasteiger partial charge in [0.25, 0.3) is 0 Å². The molecule has 0 bridgehead atoms. The molecular formula is C44H47F3N6O6S. The van der Waals surface area contributed by atoms with Gasteiger partial charge < -0.3 is 14.3 Å². The summed E-state index contributed by atoms with van der Waals surface area (Å²) in [6, 6.07) is 12.8. The van der Waals surface area contributed by atoms with E-state index in [0.29, 0.717) is 80.1 Å². The van der Waals surface area contributed by atoms with Gasteiger partial charge in [-0.25, -0.2) is 18.4 Å². The number of benzene rings is 3. The van der Waals surface area contributed by atoms with E-state index in [9.17, 15) is 18.3 Å². The molecule has 3 fully saturated rings. The number of β-amino-alcohol motifs (C(OH)–C–C–N with tert-alkyl or cyclic N) is 1. The van der Waals surface area contributed by atoms with Gasteiger partial charge in [-0.1, -0.05) is 30.3 Å². The molecule has 4 aliphatic rings. The molecule has 316 valence electrons. The number of methoxy groups -OCH3 is 1. The third-order valence-corrected chi connectivity index (χ3v) is 15.3. The SMILES string of the molecule is COc1nc(-c2cccc(-c3cccc(-c4nc5cc6c(c(C(F)(F)F)c5o4)CC[C@H]6N4CC[C@@H](C(=O)NS(=O)(=O)C5(C)CC5)C4)c3C)c2C)cnc1CN1CC[C@@H](O)C1. The number of amides is 1. The van der Waals surface area contributed by atoms with E-state index in [4.69, 9.17) is 24.1 Å². The molecule has 0 radical (unpaired) electrons. The lowest BCUT2D eigenvalue weighted by atomic mass is 9.90. The van der Waals surface area contributed by atoms with Crippen LogP contribution in [0.5, 0.6) is 5.88 Å². The van der Waals surface area contributed by atoms with Crippen LogP contribution in [0, 0.1) is 19.8 Å². The number of carbonyl (C=O) groups is 1.